The maximum absolute atomic E-state index is 5.85. The lowest BCUT2D eigenvalue weighted by Crippen LogP contribution is -2.18. The summed E-state index contributed by atoms with van der Waals surface area (Å²) in [5.74, 6) is 0.526. The quantitative estimate of drug-likeness (QED) is 0.426. The van der Waals surface area contributed by atoms with Crippen molar-refractivity contribution in [2.24, 2.45) is 0 Å². The molecule has 0 fully saturated rings. The van der Waals surface area contributed by atoms with Gasteiger partial charge in [0.1, 0.15) is 5.58 Å². The fourth-order valence-electron chi connectivity index (χ4n) is 2.78. The molecule has 8 heteroatoms. The summed E-state index contributed by atoms with van der Waals surface area (Å²) in [6.45, 7) is 1.76. The van der Waals surface area contributed by atoms with E-state index in [9.17, 15) is 0 Å². The third-order valence-electron chi connectivity index (χ3n) is 4.11. The Labute approximate surface area is 170 Å². The van der Waals surface area contributed by atoms with Crippen molar-refractivity contribution in [1.29, 1.82) is 0 Å². The summed E-state index contributed by atoms with van der Waals surface area (Å²) in [4.78, 5) is 11.1. The normalized spacial score (nSPS) is 11.4. The van der Waals surface area contributed by atoms with Crippen LogP contribution in [0.1, 0.15) is 0 Å². The minimum Gasteiger partial charge on any atom is -0.450 e. The summed E-state index contributed by atoms with van der Waals surface area (Å²) in [5.41, 5.74) is 3.45. The monoisotopic (exact) mass is 474 g/mol. The number of para-hydroxylation sites is 1. The summed E-state index contributed by atoms with van der Waals surface area (Å²) in [6, 6.07) is 9.95. The van der Waals surface area contributed by atoms with Crippen molar-refractivity contribution in [2.75, 3.05) is 26.0 Å². The molecule has 7 nitrogen and oxygen atoms in total. The van der Waals surface area contributed by atoms with E-state index in [0.29, 0.717) is 5.95 Å². The van der Waals surface area contributed by atoms with Crippen molar-refractivity contribution >= 4 is 45.2 Å². The number of likely N-dealkylation sites (N-methyl/N-ethyl adjacent to an activating group) is 1. The first-order chi connectivity index (χ1) is 13.1. The number of hydrogen-bond acceptors (Lipinski definition) is 6. The van der Waals surface area contributed by atoms with Crippen LogP contribution in [0.25, 0.3) is 22.2 Å². The van der Waals surface area contributed by atoms with E-state index in [1.54, 1.807) is 12.4 Å². The average Bonchev–Trinajstić information content (AvgIpc) is 3.25. The molecule has 0 radical (unpaired) electrons. The predicted octanol–water partition coefficient (Wildman–Crippen LogP) is 4.00. The summed E-state index contributed by atoms with van der Waals surface area (Å²) in [6.07, 6.45) is 5.48. The van der Waals surface area contributed by atoms with E-state index < -0.39 is 0 Å². The van der Waals surface area contributed by atoms with Gasteiger partial charge in [-0.25, -0.2) is 9.97 Å². The van der Waals surface area contributed by atoms with Crippen LogP contribution < -0.4 is 5.32 Å². The Morgan fingerprint density at radius 1 is 1.26 bits per heavy atom. The number of aromatic nitrogens is 4. The number of nitrogens with one attached hydrogen (secondary N) is 1. The van der Waals surface area contributed by atoms with Gasteiger partial charge in [-0.2, -0.15) is 5.10 Å². The maximum Gasteiger partial charge on any atom is 0.227 e. The van der Waals surface area contributed by atoms with Gasteiger partial charge in [0, 0.05) is 29.9 Å². The number of halogens is 1. The molecule has 0 saturated carbocycles. The van der Waals surface area contributed by atoms with E-state index in [2.05, 4.69) is 47.9 Å². The number of hydrogen-bond donors (Lipinski definition) is 1. The lowest BCUT2D eigenvalue weighted by atomic mass is 10.1. The zero-order valence-corrected chi connectivity index (χ0v) is 17.2. The highest BCUT2D eigenvalue weighted by Crippen LogP contribution is 2.30. The van der Waals surface area contributed by atoms with Gasteiger partial charge < -0.3 is 14.6 Å². The molecule has 0 spiro atoms. The fourth-order valence-corrected chi connectivity index (χ4v) is 3.34. The molecule has 3 aromatic heterocycles. The van der Waals surface area contributed by atoms with Crippen molar-refractivity contribution in [3.63, 3.8) is 0 Å². The topological polar surface area (TPSA) is 72.0 Å². The molecular formula is C19H19IN6O. The minimum atomic E-state index is 0.526. The van der Waals surface area contributed by atoms with E-state index >= 15 is 0 Å². The second-order valence-corrected chi connectivity index (χ2v) is 7.52. The third-order valence-corrected chi connectivity index (χ3v) is 4.64. The van der Waals surface area contributed by atoms with Crippen molar-refractivity contribution in [2.45, 2.75) is 6.54 Å². The van der Waals surface area contributed by atoms with Crippen LogP contribution in [0.5, 0.6) is 0 Å². The predicted molar refractivity (Wildman–Crippen MR) is 114 cm³/mol. The molecule has 3 heterocycles. The third kappa shape index (κ3) is 4.11. The molecule has 1 aromatic carbocycles. The largest absolute Gasteiger partial charge is 0.450 e. The van der Waals surface area contributed by atoms with Crippen LogP contribution in [0, 0.1) is 3.77 Å². The molecular weight excluding hydrogens is 455 g/mol. The molecule has 0 amide bonds. The molecule has 0 saturated heterocycles. The lowest BCUT2D eigenvalue weighted by Gasteiger charge is -2.08. The Morgan fingerprint density at radius 3 is 3.00 bits per heavy atom. The molecule has 1 N–H and O–H groups in total. The van der Waals surface area contributed by atoms with Crippen LogP contribution >= 0.6 is 22.6 Å². The highest BCUT2D eigenvalue weighted by Gasteiger charge is 2.11. The number of benzene rings is 1. The van der Waals surface area contributed by atoms with Gasteiger partial charge in [0.05, 0.1) is 24.1 Å². The highest BCUT2D eigenvalue weighted by molar-refractivity contribution is 14.1. The molecule has 138 valence electrons. The van der Waals surface area contributed by atoms with Crippen molar-refractivity contribution in [1.82, 2.24) is 24.6 Å². The molecule has 0 unspecified atom stereocenters. The Bertz CT molecular complexity index is 1070. The smallest absolute Gasteiger partial charge is 0.227 e. The van der Waals surface area contributed by atoms with Gasteiger partial charge in [-0.1, -0.05) is 12.1 Å². The first kappa shape index (κ1) is 17.9. The molecule has 4 rings (SSSR count). The SMILES string of the molecule is CN(C)CCn1cc(Nc2nccc(-c3cccc4cc(I)oc34)n2)cn1. The zero-order valence-electron chi connectivity index (χ0n) is 15.1. The number of anilines is 2. The van der Waals surface area contributed by atoms with Gasteiger partial charge in [-0.15, -0.1) is 0 Å². The lowest BCUT2D eigenvalue weighted by molar-refractivity contribution is 0.373. The second kappa shape index (κ2) is 7.65. The van der Waals surface area contributed by atoms with E-state index in [-0.39, 0.29) is 0 Å². The Kier molecular flexibility index (Phi) is 5.08. The first-order valence-electron chi connectivity index (χ1n) is 8.54. The van der Waals surface area contributed by atoms with Crippen molar-refractivity contribution in [3.8, 4) is 11.3 Å². The minimum absolute atomic E-state index is 0.526. The molecule has 0 aliphatic heterocycles. The molecule has 0 aliphatic carbocycles. The maximum atomic E-state index is 5.85. The standard InChI is InChI=1S/C19H19IN6O/c1-25(2)8-9-26-12-14(11-22-26)23-19-21-7-6-16(24-19)15-5-3-4-13-10-17(20)27-18(13)15/h3-7,10-12H,8-9H2,1-2H3,(H,21,23,24). The summed E-state index contributed by atoms with van der Waals surface area (Å²) >= 11 is 2.18. The van der Waals surface area contributed by atoms with Crippen molar-refractivity contribution in [3.05, 3.63) is 52.7 Å². The van der Waals surface area contributed by atoms with Gasteiger partial charge in [-0.3, -0.25) is 4.68 Å². The molecule has 0 aliphatic rings. The van der Waals surface area contributed by atoms with Gasteiger partial charge in [0.25, 0.3) is 0 Å². The molecule has 0 atom stereocenters. The van der Waals surface area contributed by atoms with Gasteiger partial charge in [0.15, 0.2) is 3.77 Å². The second-order valence-electron chi connectivity index (χ2n) is 6.46. The van der Waals surface area contributed by atoms with E-state index in [0.717, 1.165) is 44.8 Å². The average molecular weight is 474 g/mol. The van der Waals surface area contributed by atoms with Crippen LogP contribution in [0.15, 0.2) is 53.3 Å². The highest BCUT2D eigenvalue weighted by atomic mass is 127. The van der Waals surface area contributed by atoms with Crippen LogP contribution in [0.2, 0.25) is 0 Å². The first-order valence-corrected chi connectivity index (χ1v) is 9.62. The van der Waals surface area contributed by atoms with Crippen LogP contribution in [0.3, 0.4) is 0 Å². The van der Waals surface area contributed by atoms with Gasteiger partial charge in [-0.05, 0) is 54.9 Å². The number of nitrogens with zero attached hydrogens (tertiary/aromatic N) is 5. The van der Waals surface area contributed by atoms with Crippen LogP contribution in [-0.2, 0) is 6.54 Å². The molecule has 0 bridgehead atoms. The summed E-state index contributed by atoms with van der Waals surface area (Å²) < 4.78 is 8.60. The summed E-state index contributed by atoms with van der Waals surface area (Å²) in [7, 11) is 4.09. The van der Waals surface area contributed by atoms with Crippen LogP contribution in [-0.4, -0.2) is 45.3 Å². The molecule has 4 aromatic rings. The van der Waals surface area contributed by atoms with E-state index in [1.165, 1.54) is 0 Å². The van der Waals surface area contributed by atoms with E-state index in [4.69, 9.17) is 4.42 Å². The number of furan rings is 1. The summed E-state index contributed by atoms with van der Waals surface area (Å²) in [5, 5.41) is 8.65. The zero-order chi connectivity index (χ0) is 18.8. The number of fused-ring (bicyclic) bond motifs is 1. The Morgan fingerprint density at radius 2 is 2.15 bits per heavy atom. The van der Waals surface area contributed by atoms with Crippen molar-refractivity contribution < 1.29 is 4.42 Å². The number of rotatable bonds is 6. The Balaban J connectivity index is 1.58. The van der Waals surface area contributed by atoms with Crippen LogP contribution in [0.4, 0.5) is 11.6 Å². The fraction of sp³-hybridized carbons (Fsp3) is 0.211. The van der Waals surface area contributed by atoms with Gasteiger partial charge >= 0.3 is 0 Å². The molecule has 27 heavy (non-hydrogen) atoms. The Hall–Kier alpha value is -2.46. The van der Waals surface area contributed by atoms with E-state index in [1.807, 2.05) is 55.3 Å². The van der Waals surface area contributed by atoms with Gasteiger partial charge in [0.2, 0.25) is 5.95 Å².